The van der Waals surface area contributed by atoms with Crippen molar-refractivity contribution in [1.82, 2.24) is 5.32 Å². The van der Waals surface area contributed by atoms with Gasteiger partial charge in [0.15, 0.2) is 11.5 Å². The molecule has 0 spiro atoms. The molecule has 204 valence electrons. The van der Waals surface area contributed by atoms with E-state index in [0.717, 1.165) is 14.8 Å². The van der Waals surface area contributed by atoms with Gasteiger partial charge in [0, 0.05) is 11.4 Å². The van der Waals surface area contributed by atoms with E-state index in [0.29, 0.717) is 29.5 Å². The molecule has 3 rings (SSSR count). The van der Waals surface area contributed by atoms with Crippen molar-refractivity contribution in [2.45, 2.75) is 43.2 Å². The number of hydrogen-bond donors (Lipinski definition) is 1. The monoisotopic (exact) mass is 558 g/mol. The first-order valence-corrected chi connectivity index (χ1v) is 14.8. The van der Waals surface area contributed by atoms with Gasteiger partial charge >= 0.3 is 0 Å². The highest BCUT2D eigenvalue weighted by atomic mass is 32.2. The lowest BCUT2D eigenvalue weighted by molar-refractivity contribution is -0.119. The molecular weight excluding hydrogens is 524 g/mol. The summed E-state index contributed by atoms with van der Waals surface area (Å²) in [6, 6.07) is 18.6. The van der Waals surface area contributed by atoms with Crippen molar-refractivity contribution in [1.29, 1.82) is 0 Å². The Morgan fingerprint density at radius 2 is 1.68 bits per heavy atom. The van der Waals surface area contributed by atoms with Crippen molar-refractivity contribution in [2.75, 3.05) is 30.8 Å². The normalized spacial score (nSPS) is 11.2. The minimum atomic E-state index is -4.02. The minimum absolute atomic E-state index is 0.0121. The molecular formula is C28H34N2O6S2. The average Bonchev–Trinajstić information content (AvgIpc) is 2.91. The zero-order valence-electron chi connectivity index (χ0n) is 22.3. The first kappa shape index (κ1) is 29.2. The Morgan fingerprint density at radius 3 is 2.26 bits per heavy atom. The van der Waals surface area contributed by atoms with Crippen molar-refractivity contribution < 1.29 is 27.4 Å². The first-order valence-electron chi connectivity index (χ1n) is 12.2. The van der Waals surface area contributed by atoms with E-state index in [4.69, 9.17) is 14.2 Å². The van der Waals surface area contributed by atoms with Crippen LogP contribution in [0.5, 0.6) is 17.2 Å². The molecule has 0 aliphatic carbocycles. The highest BCUT2D eigenvalue weighted by Crippen LogP contribution is 2.29. The van der Waals surface area contributed by atoms with Crippen LogP contribution in [0.4, 0.5) is 5.69 Å². The number of ether oxygens (including phenoxy) is 3. The van der Waals surface area contributed by atoms with E-state index in [-0.39, 0.29) is 17.5 Å². The molecule has 0 unspecified atom stereocenters. The number of sulfonamides is 1. The molecule has 0 fully saturated rings. The smallest absolute Gasteiger partial charge is 0.264 e. The van der Waals surface area contributed by atoms with Gasteiger partial charge in [-0.3, -0.25) is 9.10 Å². The third-order valence-electron chi connectivity index (χ3n) is 5.45. The fourth-order valence-corrected chi connectivity index (χ4v) is 5.45. The molecule has 0 saturated heterocycles. The van der Waals surface area contributed by atoms with E-state index in [1.54, 1.807) is 67.8 Å². The summed E-state index contributed by atoms with van der Waals surface area (Å²) >= 11 is 1.52. The van der Waals surface area contributed by atoms with Crippen LogP contribution in [-0.2, 0) is 21.4 Å². The van der Waals surface area contributed by atoms with E-state index >= 15 is 0 Å². The molecule has 0 atom stereocenters. The van der Waals surface area contributed by atoms with E-state index in [9.17, 15) is 13.2 Å². The van der Waals surface area contributed by atoms with Gasteiger partial charge in [-0.25, -0.2) is 8.42 Å². The van der Waals surface area contributed by atoms with Gasteiger partial charge in [0.2, 0.25) is 5.91 Å². The Kier molecular flexibility index (Phi) is 10.3. The number of carbonyl (C=O) groups is 1. The second-order valence-electron chi connectivity index (χ2n) is 8.54. The zero-order valence-corrected chi connectivity index (χ0v) is 23.9. The maximum atomic E-state index is 13.6. The van der Waals surface area contributed by atoms with Crippen LogP contribution in [0.3, 0.4) is 0 Å². The first-order chi connectivity index (χ1) is 18.2. The summed E-state index contributed by atoms with van der Waals surface area (Å²) in [4.78, 5) is 14.1. The maximum absolute atomic E-state index is 13.6. The Balaban J connectivity index is 1.82. The SMILES string of the molecule is CCOc1ccc(N(CC(=O)NCc2ccc(OC(C)C)c(OC)c2)S(=O)(=O)c2ccc(SC)cc2)cc1. The fraction of sp³-hybridized carbons (Fsp3) is 0.321. The number of methoxy groups -OCH3 is 1. The van der Waals surface area contributed by atoms with E-state index in [2.05, 4.69) is 5.32 Å². The fourth-order valence-electron chi connectivity index (χ4n) is 3.63. The second kappa shape index (κ2) is 13.4. The summed E-state index contributed by atoms with van der Waals surface area (Å²) in [5.74, 6) is 1.32. The molecule has 0 bridgehead atoms. The van der Waals surface area contributed by atoms with Crippen LogP contribution in [0.1, 0.15) is 26.3 Å². The number of nitrogens with one attached hydrogen (secondary N) is 1. The van der Waals surface area contributed by atoms with Crippen LogP contribution in [0, 0.1) is 0 Å². The number of amides is 1. The molecule has 3 aromatic carbocycles. The van der Waals surface area contributed by atoms with E-state index in [1.165, 1.54) is 11.8 Å². The lowest BCUT2D eigenvalue weighted by Crippen LogP contribution is -2.40. The van der Waals surface area contributed by atoms with Crippen molar-refractivity contribution in [3.63, 3.8) is 0 Å². The van der Waals surface area contributed by atoms with E-state index in [1.807, 2.05) is 33.1 Å². The number of rotatable bonds is 13. The van der Waals surface area contributed by atoms with Crippen molar-refractivity contribution >= 4 is 33.4 Å². The summed E-state index contributed by atoms with van der Waals surface area (Å²) in [6.45, 7) is 6.00. The van der Waals surface area contributed by atoms with E-state index < -0.39 is 22.5 Å². The predicted octanol–water partition coefficient (Wildman–Crippen LogP) is 5.11. The number of benzene rings is 3. The highest BCUT2D eigenvalue weighted by Gasteiger charge is 2.27. The Hall–Kier alpha value is -3.37. The van der Waals surface area contributed by atoms with Crippen molar-refractivity contribution in [3.05, 3.63) is 72.3 Å². The van der Waals surface area contributed by atoms with Gasteiger partial charge in [-0.05, 0) is 93.3 Å². The van der Waals surface area contributed by atoms with Gasteiger partial charge in [-0.2, -0.15) is 0 Å². The van der Waals surface area contributed by atoms with Crippen LogP contribution >= 0.6 is 11.8 Å². The molecule has 0 aliphatic rings. The molecule has 0 saturated carbocycles. The summed E-state index contributed by atoms with van der Waals surface area (Å²) in [5.41, 5.74) is 1.14. The third kappa shape index (κ3) is 7.58. The molecule has 8 nitrogen and oxygen atoms in total. The van der Waals surface area contributed by atoms with Crippen molar-refractivity contribution in [3.8, 4) is 17.2 Å². The Labute approximate surface area is 229 Å². The molecule has 3 aromatic rings. The molecule has 0 radical (unpaired) electrons. The summed E-state index contributed by atoms with van der Waals surface area (Å²) in [5, 5.41) is 2.81. The van der Waals surface area contributed by atoms with Crippen LogP contribution in [-0.4, -0.2) is 46.9 Å². The number of nitrogens with zero attached hydrogens (tertiary/aromatic N) is 1. The topological polar surface area (TPSA) is 94.2 Å². The summed E-state index contributed by atoms with van der Waals surface area (Å²) < 4.78 is 45.0. The largest absolute Gasteiger partial charge is 0.494 e. The highest BCUT2D eigenvalue weighted by molar-refractivity contribution is 7.98. The summed E-state index contributed by atoms with van der Waals surface area (Å²) in [6.07, 6.45) is 1.91. The third-order valence-corrected chi connectivity index (χ3v) is 7.98. The molecule has 1 amide bonds. The number of anilines is 1. The minimum Gasteiger partial charge on any atom is -0.494 e. The van der Waals surface area contributed by atoms with Crippen LogP contribution < -0.4 is 23.8 Å². The molecule has 38 heavy (non-hydrogen) atoms. The van der Waals surface area contributed by atoms with Gasteiger partial charge in [-0.15, -0.1) is 11.8 Å². The zero-order chi connectivity index (χ0) is 27.7. The quantitative estimate of drug-likeness (QED) is 0.291. The molecule has 10 heteroatoms. The van der Waals surface area contributed by atoms with Gasteiger partial charge < -0.3 is 19.5 Å². The second-order valence-corrected chi connectivity index (χ2v) is 11.3. The average molecular weight is 559 g/mol. The lowest BCUT2D eigenvalue weighted by Gasteiger charge is -2.24. The van der Waals surface area contributed by atoms with Gasteiger partial charge in [0.1, 0.15) is 12.3 Å². The van der Waals surface area contributed by atoms with Crippen LogP contribution in [0.25, 0.3) is 0 Å². The molecule has 0 aliphatic heterocycles. The Morgan fingerprint density at radius 1 is 1.00 bits per heavy atom. The molecule has 1 N–H and O–H groups in total. The van der Waals surface area contributed by atoms with Crippen LogP contribution in [0.15, 0.2) is 76.5 Å². The predicted molar refractivity (Wildman–Crippen MR) is 151 cm³/mol. The maximum Gasteiger partial charge on any atom is 0.264 e. The number of hydrogen-bond acceptors (Lipinski definition) is 7. The molecule has 0 aromatic heterocycles. The Bertz CT molecular complexity index is 1310. The summed E-state index contributed by atoms with van der Waals surface area (Å²) in [7, 11) is -2.47. The standard InChI is InChI=1S/C28H34N2O6S2/c1-6-35-23-10-8-22(9-11-23)30(38(32,33)25-14-12-24(37-5)13-15-25)19-28(31)29-18-21-7-16-26(36-20(2)3)27(17-21)34-4/h7-17,20H,6,18-19H2,1-5H3,(H,29,31). The number of carbonyl (C=O) groups excluding carboxylic acids is 1. The van der Waals surface area contributed by atoms with Gasteiger partial charge in [0.25, 0.3) is 10.0 Å². The number of thioether (sulfide) groups is 1. The van der Waals surface area contributed by atoms with Crippen molar-refractivity contribution in [2.24, 2.45) is 0 Å². The lowest BCUT2D eigenvalue weighted by atomic mass is 10.2. The molecule has 0 heterocycles. The van der Waals surface area contributed by atoms with Crippen LogP contribution in [0.2, 0.25) is 0 Å². The van der Waals surface area contributed by atoms with Gasteiger partial charge in [-0.1, -0.05) is 6.07 Å². The van der Waals surface area contributed by atoms with Gasteiger partial charge in [0.05, 0.1) is 30.4 Å².